The van der Waals surface area contributed by atoms with Crippen molar-refractivity contribution in [3.63, 3.8) is 0 Å². The van der Waals surface area contributed by atoms with Gasteiger partial charge in [-0.05, 0) is 221 Å². The van der Waals surface area contributed by atoms with Crippen LogP contribution in [0.4, 0.5) is 30.2 Å². The molecular formula is C90H77BBrF3N12O9S2. The Morgan fingerprint density at radius 3 is 1.24 bits per heavy atom. The smallest absolute Gasteiger partial charge is 0.399 e. The number of H-pyrrole nitrogens is 1. The van der Waals surface area contributed by atoms with Gasteiger partial charge in [0, 0.05) is 101 Å². The minimum atomic E-state index is -4.04. The average molecular weight is 1680 g/mol. The molecule has 118 heavy (non-hydrogen) atoms. The normalized spacial score (nSPS) is 15.2. The lowest BCUT2D eigenvalue weighted by molar-refractivity contribution is 0.00578. The number of hydrogen-bond donors (Lipinski definition) is 1. The van der Waals surface area contributed by atoms with Crippen LogP contribution in [0.15, 0.2) is 257 Å². The highest BCUT2D eigenvalue weighted by Crippen LogP contribution is 2.41. The third kappa shape index (κ3) is 16.7. The summed E-state index contributed by atoms with van der Waals surface area (Å²) in [6.07, 6.45) is 4.85. The number of aromatic amines is 1. The van der Waals surface area contributed by atoms with E-state index in [9.17, 15) is 35.3 Å². The van der Waals surface area contributed by atoms with Gasteiger partial charge in [0.2, 0.25) is 0 Å². The monoisotopic (exact) mass is 1680 g/mol. The Morgan fingerprint density at radius 2 is 0.797 bits per heavy atom. The minimum Gasteiger partial charge on any atom is -0.399 e. The number of nitrogens with one attached hydrogen (secondary N) is 1. The fraction of sp³-hybridized carbons (Fsp3) is 0.200. The third-order valence-electron chi connectivity index (χ3n) is 21.4. The van der Waals surface area contributed by atoms with Crippen LogP contribution in [-0.4, -0.2) is 142 Å². The second-order valence-electron chi connectivity index (χ2n) is 29.1. The molecule has 14 aromatic rings. The highest BCUT2D eigenvalue weighted by Gasteiger charge is 2.52. The number of aromatic nitrogens is 6. The zero-order valence-corrected chi connectivity index (χ0v) is 67.8. The number of halogens is 4. The molecule has 0 unspecified atom stereocenters. The van der Waals surface area contributed by atoms with Crippen LogP contribution in [0.5, 0.6) is 0 Å². The van der Waals surface area contributed by atoms with Crippen molar-refractivity contribution in [3.8, 4) is 74.2 Å². The fourth-order valence-corrected chi connectivity index (χ4v) is 17.8. The highest BCUT2D eigenvalue weighted by atomic mass is 79.9. The van der Waals surface area contributed by atoms with Crippen molar-refractivity contribution in [1.29, 1.82) is 15.8 Å². The molecule has 0 saturated carbocycles. The number of nitrogens with zero attached hydrogens (tertiary/aromatic N) is 11. The summed E-state index contributed by atoms with van der Waals surface area (Å²) < 4.78 is 128. The molecule has 0 radical (unpaired) electrons. The number of ether oxygens (including phenoxy) is 3. The molecule has 1 N–H and O–H groups in total. The van der Waals surface area contributed by atoms with Crippen LogP contribution in [0.2, 0.25) is 0 Å². The largest absolute Gasteiger partial charge is 0.494 e. The Bertz CT molecular complexity index is 6410. The molecule has 0 spiro atoms. The molecule has 594 valence electrons. The van der Waals surface area contributed by atoms with E-state index in [2.05, 4.69) is 80.9 Å². The summed E-state index contributed by atoms with van der Waals surface area (Å²) in [6.45, 7) is 17.1. The van der Waals surface area contributed by atoms with Crippen molar-refractivity contribution in [2.24, 2.45) is 0 Å². The summed E-state index contributed by atoms with van der Waals surface area (Å²) in [5.41, 5.74) is 11.9. The van der Waals surface area contributed by atoms with Crippen LogP contribution < -0.4 is 20.2 Å². The zero-order chi connectivity index (χ0) is 82.5. The first-order valence-electron chi connectivity index (χ1n) is 38.0. The molecule has 4 aliphatic heterocycles. The topological polar surface area (TPSA) is 260 Å². The number of anilines is 3. The predicted molar refractivity (Wildman–Crippen MR) is 454 cm³/mol. The Hall–Kier alpha value is -12.3. The van der Waals surface area contributed by atoms with Crippen molar-refractivity contribution < 1.29 is 53.5 Å². The van der Waals surface area contributed by atoms with Gasteiger partial charge in [-0.3, -0.25) is 0 Å². The maximum absolute atomic E-state index is 14.1. The van der Waals surface area contributed by atoms with Crippen LogP contribution in [0.1, 0.15) is 44.4 Å². The molecule has 18 rings (SSSR count). The van der Waals surface area contributed by atoms with E-state index in [-0.39, 0.29) is 32.1 Å². The predicted octanol–water partition coefficient (Wildman–Crippen LogP) is 16.7. The van der Waals surface area contributed by atoms with Gasteiger partial charge in [-0.2, -0.15) is 15.8 Å². The van der Waals surface area contributed by atoms with Gasteiger partial charge in [0.1, 0.15) is 41.3 Å². The van der Waals surface area contributed by atoms with E-state index in [1.807, 2.05) is 113 Å². The van der Waals surface area contributed by atoms with Gasteiger partial charge in [0.05, 0.1) is 88.7 Å². The maximum atomic E-state index is 14.1. The van der Waals surface area contributed by atoms with Gasteiger partial charge >= 0.3 is 7.12 Å². The molecule has 4 fully saturated rings. The van der Waals surface area contributed by atoms with E-state index in [1.54, 1.807) is 109 Å². The highest BCUT2D eigenvalue weighted by molar-refractivity contribution is 9.10. The second kappa shape index (κ2) is 34.5. The number of nitriles is 3. The molecule has 0 amide bonds. The van der Waals surface area contributed by atoms with Crippen LogP contribution in [0.25, 0.3) is 89.1 Å². The van der Waals surface area contributed by atoms with Crippen LogP contribution in [-0.2, 0) is 43.6 Å². The zero-order valence-electron chi connectivity index (χ0n) is 64.6. The SMILES string of the molecule is CC1(C)OB(c2ccc(F)c(C#N)c2)OC1(C)C.N#Cc1cc(-c2ccnc3[nH]c(-c4ccc(N5CCOCC5)cc4)cc23)ccc1F.N#Cc1cc(-c2ccnc3c2cc(-c2ccc(N4CCOCC4)cc2)n3S(=O)(=O)c2ccccc2)ccc1F.O=S(=O)(c1ccccc1)n1c(-c2ccc(N3CCOCC3)cc2)cc2c(Br)ccnc21. The number of pyridine rings is 3. The molecule has 4 aliphatic rings. The van der Waals surface area contributed by atoms with Gasteiger partial charge in [-0.15, -0.1) is 0 Å². The maximum Gasteiger partial charge on any atom is 0.494 e. The number of benzene rings is 8. The van der Waals surface area contributed by atoms with E-state index in [0.29, 0.717) is 71.0 Å². The number of fused-ring (bicyclic) bond motifs is 3. The third-order valence-corrected chi connectivity index (χ3v) is 25.6. The van der Waals surface area contributed by atoms with Crippen molar-refractivity contribution in [2.45, 2.75) is 48.7 Å². The summed E-state index contributed by atoms with van der Waals surface area (Å²) in [5.74, 6) is -1.66. The van der Waals surface area contributed by atoms with Crippen molar-refractivity contribution in [1.82, 2.24) is 27.9 Å². The molecule has 4 saturated heterocycles. The van der Waals surface area contributed by atoms with E-state index < -0.39 is 55.8 Å². The number of rotatable bonds is 13. The van der Waals surface area contributed by atoms with Crippen LogP contribution >= 0.6 is 15.9 Å². The minimum absolute atomic E-state index is 0.00205. The number of hydrogen-bond acceptors (Lipinski definition) is 18. The molecule has 0 aliphatic carbocycles. The molecule has 28 heteroatoms. The standard InChI is InChI=1S/C30H23FN4O3S.C24H19FN4O.C23H20BrN3O3S.C13H15BFNO2/c31-28-11-8-22(18-23(28)20-32)26-12-13-33-30-27(26)19-29(35(30)39(36,37)25-4-2-1-3-5-25)21-6-9-24(10-7-21)34-14-16-38-17-15-34;25-22-6-3-17(13-18(22)15-26)20-7-8-27-24-21(20)14-23(28-24)16-1-4-19(5-2-16)29-9-11-30-12-10-29;24-21-10-11-25-23-20(21)16-22(27(23)31(28,29)19-4-2-1-3-5-19)17-6-8-18(9-7-17)26-12-14-30-15-13-26;1-12(2)13(3,4)18-14(17-12)10-5-6-11(15)9(7-10)8-16/h1-13,18-19H,14-17H2;1-8,13-14H,9-12H2,(H,27,28);1-11,16H,12-15H2;5-7H,1-4H3. The summed E-state index contributed by atoms with van der Waals surface area (Å²) in [4.78, 5) is 23.9. The summed E-state index contributed by atoms with van der Waals surface area (Å²) in [5, 5.41) is 29.6. The quantitative estimate of drug-likeness (QED) is 0.105. The Morgan fingerprint density at radius 1 is 0.424 bits per heavy atom. The van der Waals surface area contributed by atoms with Crippen molar-refractivity contribution in [2.75, 3.05) is 93.6 Å². The number of morpholine rings is 3. The van der Waals surface area contributed by atoms with Crippen molar-refractivity contribution in [3.05, 3.63) is 282 Å². The molecule has 21 nitrogen and oxygen atoms in total. The Balaban J connectivity index is 0.000000127. The van der Waals surface area contributed by atoms with Gasteiger partial charge in [0.15, 0.2) is 11.3 Å². The summed E-state index contributed by atoms with van der Waals surface area (Å²) >= 11 is 3.54. The molecule has 0 bridgehead atoms. The lowest BCUT2D eigenvalue weighted by Crippen LogP contribution is -2.41. The van der Waals surface area contributed by atoms with Gasteiger partial charge in [-0.1, -0.05) is 91.0 Å². The molecule has 0 atom stereocenters. The van der Waals surface area contributed by atoms with Crippen LogP contribution in [0, 0.1) is 51.4 Å². The van der Waals surface area contributed by atoms with Crippen LogP contribution in [0.3, 0.4) is 0 Å². The first kappa shape index (κ1) is 80.9. The fourth-order valence-electron chi connectivity index (χ4n) is 14.4. The molecular weight excluding hydrogens is 1600 g/mol. The molecule has 8 aromatic carbocycles. The van der Waals surface area contributed by atoms with E-state index >= 15 is 0 Å². The molecule has 10 heterocycles. The van der Waals surface area contributed by atoms with Gasteiger partial charge in [0.25, 0.3) is 20.0 Å². The lowest BCUT2D eigenvalue weighted by Gasteiger charge is -2.32. The molecule has 6 aromatic heterocycles. The Kier molecular flexibility index (Phi) is 23.7. The second-order valence-corrected chi connectivity index (χ2v) is 33.6. The summed E-state index contributed by atoms with van der Waals surface area (Å²) in [7, 11) is -8.44. The van der Waals surface area contributed by atoms with Gasteiger partial charge < -0.3 is 43.2 Å². The lowest BCUT2D eigenvalue weighted by atomic mass is 9.78. The van der Waals surface area contributed by atoms with E-state index in [1.165, 1.54) is 50.2 Å². The van der Waals surface area contributed by atoms with E-state index in [0.717, 1.165) is 113 Å². The van der Waals surface area contributed by atoms with E-state index in [4.69, 9.17) is 34.0 Å². The average Bonchev–Trinajstić information content (AvgIpc) is 1.56. The summed E-state index contributed by atoms with van der Waals surface area (Å²) in [6, 6.07) is 70.8. The first-order chi connectivity index (χ1) is 57.0. The van der Waals surface area contributed by atoms with Crippen molar-refractivity contribution >= 4 is 98.7 Å². The Labute approximate surface area is 689 Å². The first-order valence-corrected chi connectivity index (χ1v) is 41.7. The van der Waals surface area contributed by atoms with Gasteiger partial charge in [-0.25, -0.2) is 52.9 Å².